The number of aromatic nitrogens is 3. The molecule has 0 atom stereocenters. The Hall–Kier alpha value is -0.570. The van der Waals surface area contributed by atoms with Crippen molar-refractivity contribution in [3.05, 3.63) is 11.4 Å². The molecule has 1 aliphatic carbocycles. The zero-order chi connectivity index (χ0) is 12.3. The molecule has 0 aliphatic heterocycles. The van der Waals surface area contributed by atoms with Crippen molar-refractivity contribution in [1.29, 1.82) is 0 Å². The van der Waals surface area contributed by atoms with E-state index in [-0.39, 0.29) is 0 Å². The van der Waals surface area contributed by atoms with Crippen molar-refractivity contribution < 1.29 is 0 Å². The van der Waals surface area contributed by atoms with E-state index in [9.17, 15) is 0 Å². The molecule has 96 valence electrons. The maximum Gasteiger partial charge on any atom is 0.101 e. The monoisotopic (exact) mass is 255 g/mol. The minimum Gasteiger partial charge on any atom is -0.249 e. The predicted octanol–water partition coefficient (Wildman–Crippen LogP) is 3.41. The number of nitrogens with zero attached hydrogens (tertiary/aromatic N) is 3. The Morgan fingerprint density at radius 1 is 1.41 bits per heavy atom. The summed E-state index contributed by atoms with van der Waals surface area (Å²) in [6.07, 6.45) is 6.29. The van der Waals surface area contributed by atoms with Crippen LogP contribution in [0.3, 0.4) is 0 Å². The van der Waals surface area contributed by atoms with Gasteiger partial charge in [0.2, 0.25) is 0 Å². The SMILES string of the molecule is CC(C)CCc1c(CCl)nnn1CCC1CC1. The van der Waals surface area contributed by atoms with Crippen LogP contribution in [-0.2, 0) is 18.8 Å². The summed E-state index contributed by atoms with van der Waals surface area (Å²) in [5, 5.41) is 8.44. The highest BCUT2D eigenvalue weighted by Gasteiger charge is 2.22. The molecule has 1 fully saturated rings. The Kier molecular flexibility index (Phi) is 4.43. The van der Waals surface area contributed by atoms with Gasteiger partial charge >= 0.3 is 0 Å². The van der Waals surface area contributed by atoms with Gasteiger partial charge in [0.15, 0.2) is 0 Å². The Morgan fingerprint density at radius 3 is 2.76 bits per heavy atom. The molecule has 3 nitrogen and oxygen atoms in total. The lowest BCUT2D eigenvalue weighted by molar-refractivity contribution is 0.496. The molecule has 0 amide bonds. The third-order valence-electron chi connectivity index (χ3n) is 3.45. The van der Waals surface area contributed by atoms with Gasteiger partial charge in [-0.25, -0.2) is 4.68 Å². The average Bonchev–Trinajstić information content (AvgIpc) is 3.04. The van der Waals surface area contributed by atoms with Crippen LogP contribution in [-0.4, -0.2) is 15.0 Å². The maximum atomic E-state index is 5.92. The van der Waals surface area contributed by atoms with Gasteiger partial charge in [-0.1, -0.05) is 31.9 Å². The molecular formula is C13H22ClN3. The van der Waals surface area contributed by atoms with Crippen molar-refractivity contribution in [2.75, 3.05) is 0 Å². The van der Waals surface area contributed by atoms with Crippen molar-refractivity contribution in [1.82, 2.24) is 15.0 Å². The summed E-state index contributed by atoms with van der Waals surface area (Å²) >= 11 is 5.92. The average molecular weight is 256 g/mol. The molecule has 0 N–H and O–H groups in total. The molecule has 1 saturated carbocycles. The van der Waals surface area contributed by atoms with Crippen molar-refractivity contribution in [3.63, 3.8) is 0 Å². The lowest BCUT2D eigenvalue weighted by atomic mass is 10.1. The van der Waals surface area contributed by atoms with Crippen LogP contribution in [0.2, 0.25) is 0 Å². The molecule has 1 aromatic rings. The van der Waals surface area contributed by atoms with Crippen LogP contribution in [0.15, 0.2) is 0 Å². The predicted molar refractivity (Wildman–Crippen MR) is 70.1 cm³/mol. The first kappa shape index (κ1) is 12.9. The molecule has 0 radical (unpaired) electrons. The van der Waals surface area contributed by atoms with Gasteiger partial charge in [-0.3, -0.25) is 0 Å². The number of aryl methyl sites for hydroxylation is 1. The summed E-state index contributed by atoms with van der Waals surface area (Å²) in [6.45, 7) is 5.51. The first-order chi connectivity index (χ1) is 8.20. The van der Waals surface area contributed by atoms with E-state index in [1.807, 2.05) is 0 Å². The topological polar surface area (TPSA) is 30.7 Å². The molecule has 0 saturated heterocycles. The first-order valence-electron chi connectivity index (χ1n) is 6.68. The van der Waals surface area contributed by atoms with Crippen molar-refractivity contribution in [2.24, 2.45) is 11.8 Å². The van der Waals surface area contributed by atoms with Gasteiger partial charge in [-0.15, -0.1) is 16.7 Å². The lowest BCUT2D eigenvalue weighted by Crippen LogP contribution is -2.08. The standard InChI is InChI=1S/C13H22ClN3/c1-10(2)3-6-13-12(9-14)15-16-17(13)8-7-11-4-5-11/h10-11H,3-9H2,1-2H3. The van der Waals surface area contributed by atoms with Gasteiger partial charge in [-0.2, -0.15) is 0 Å². The van der Waals surface area contributed by atoms with E-state index in [1.165, 1.54) is 31.4 Å². The minimum absolute atomic E-state index is 0.483. The fourth-order valence-corrected chi connectivity index (χ4v) is 2.27. The van der Waals surface area contributed by atoms with E-state index in [2.05, 4.69) is 28.8 Å². The Morgan fingerprint density at radius 2 is 2.18 bits per heavy atom. The van der Waals surface area contributed by atoms with E-state index in [0.717, 1.165) is 24.6 Å². The summed E-state index contributed by atoms with van der Waals surface area (Å²) in [6, 6.07) is 0. The molecule has 0 spiro atoms. The van der Waals surface area contributed by atoms with Crippen molar-refractivity contribution >= 4 is 11.6 Å². The quantitative estimate of drug-likeness (QED) is 0.699. The third kappa shape index (κ3) is 3.70. The third-order valence-corrected chi connectivity index (χ3v) is 3.70. The van der Waals surface area contributed by atoms with E-state index in [4.69, 9.17) is 11.6 Å². The minimum atomic E-state index is 0.483. The molecule has 1 aliphatic rings. The van der Waals surface area contributed by atoms with Gasteiger partial charge in [0.25, 0.3) is 0 Å². The van der Waals surface area contributed by atoms with E-state index in [1.54, 1.807) is 0 Å². The fourth-order valence-electron chi connectivity index (χ4n) is 2.06. The van der Waals surface area contributed by atoms with E-state index >= 15 is 0 Å². The maximum absolute atomic E-state index is 5.92. The molecule has 1 heterocycles. The van der Waals surface area contributed by atoms with Crippen LogP contribution in [0.4, 0.5) is 0 Å². The molecule has 4 heteroatoms. The molecule has 0 aromatic carbocycles. The van der Waals surface area contributed by atoms with Crippen LogP contribution in [0.25, 0.3) is 0 Å². The first-order valence-corrected chi connectivity index (χ1v) is 7.21. The van der Waals surface area contributed by atoms with Crippen molar-refractivity contribution in [3.8, 4) is 0 Å². The summed E-state index contributed by atoms with van der Waals surface area (Å²) in [4.78, 5) is 0. The lowest BCUT2D eigenvalue weighted by Gasteiger charge is -2.08. The van der Waals surface area contributed by atoms with Crippen LogP contribution in [0.1, 0.15) is 50.9 Å². The Labute approximate surface area is 109 Å². The van der Waals surface area contributed by atoms with Gasteiger partial charge in [0.1, 0.15) is 5.69 Å². The second-order valence-electron chi connectivity index (χ2n) is 5.50. The van der Waals surface area contributed by atoms with Crippen molar-refractivity contribution in [2.45, 2.75) is 58.4 Å². The highest BCUT2D eigenvalue weighted by Crippen LogP contribution is 2.32. The summed E-state index contributed by atoms with van der Waals surface area (Å²) in [5.74, 6) is 2.14. The number of rotatable bonds is 7. The number of hydrogen-bond donors (Lipinski definition) is 0. The second-order valence-corrected chi connectivity index (χ2v) is 5.77. The molecule has 17 heavy (non-hydrogen) atoms. The zero-order valence-corrected chi connectivity index (χ0v) is 11.6. The van der Waals surface area contributed by atoms with Crippen LogP contribution >= 0.6 is 11.6 Å². The van der Waals surface area contributed by atoms with Crippen LogP contribution < -0.4 is 0 Å². The second kappa shape index (κ2) is 5.85. The normalized spacial score (nSPS) is 15.8. The van der Waals surface area contributed by atoms with Gasteiger partial charge < -0.3 is 0 Å². The largest absolute Gasteiger partial charge is 0.249 e. The van der Waals surface area contributed by atoms with Gasteiger partial charge in [-0.05, 0) is 31.1 Å². The highest BCUT2D eigenvalue weighted by molar-refractivity contribution is 6.16. The fraction of sp³-hybridized carbons (Fsp3) is 0.846. The van der Waals surface area contributed by atoms with Crippen LogP contribution in [0, 0.1) is 11.8 Å². The number of hydrogen-bond acceptors (Lipinski definition) is 2. The van der Waals surface area contributed by atoms with Crippen LogP contribution in [0.5, 0.6) is 0 Å². The molecular weight excluding hydrogens is 234 g/mol. The van der Waals surface area contributed by atoms with E-state index < -0.39 is 0 Å². The molecule has 0 bridgehead atoms. The number of alkyl halides is 1. The molecule has 1 aromatic heterocycles. The zero-order valence-electron chi connectivity index (χ0n) is 10.8. The molecule has 2 rings (SSSR count). The summed E-state index contributed by atoms with van der Waals surface area (Å²) < 4.78 is 2.08. The summed E-state index contributed by atoms with van der Waals surface area (Å²) in [7, 11) is 0. The van der Waals surface area contributed by atoms with E-state index in [0.29, 0.717) is 11.8 Å². The highest BCUT2D eigenvalue weighted by atomic mass is 35.5. The molecule has 0 unspecified atom stereocenters. The Bertz CT molecular complexity index is 356. The smallest absolute Gasteiger partial charge is 0.101 e. The Balaban J connectivity index is 1.98. The van der Waals surface area contributed by atoms with Gasteiger partial charge in [0, 0.05) is 6.54 Å². The number of halogens is 1. The summed E-state index contributed by atoms with van der Waals surface area (Å²) in [5.41, 5.74) is 2.23. The van der Waals surface area contributed by atoms with Gasteiger partial charge in [0.05, 0.1) is 11.6 Å².